The molecule has 6 fully saturated rings. The van der Waals surface area contributed by atoms with Crippen molar-refractivity contribution in [3.05, 3.63) is 62.7 Å². The van der Waals surface area contributed by atoms with Crippen LogP contribution >= 0.6 is 35.3 Å². The Morgan fingerprint density at radius 3 is 2.07 bits per heavy atom. The van der Waals surface area contributed by atoms with Crippen molar-refractivity contribution in [1.29, 1.82) is 5.26 Å². The van der Waals surface area contributed by atoms with Crippen molar-refractivity contribution in [2.45, 2.75) is 180 Å². The molecule has 6 saturated heterocycles. The number of thioether (sulfide) groups is 3. The van der Waals surface area contributed by atoms with Crippen LogP contribution < -0.4 is 59.7 Å². The summed E-state index contributed by atoms with van der Waals surface area (Å²) in [4.78, 5) is 86.6. The van der Waals surface area contributed by atoms with Gasteiger partial charge in [0, 0.05) is 81.5 Å². The summed E-state index contributed by atoms with van der Waals surface area (Å²) in [6.45, 7) is 8.90. The lowest BCUT2D eigenvalue weighted by molar-refractivity contribution is -0.157. The number of aryl methyl sites for hydroxylation is 1. The number of hydrogen-bond acceptors (Lipinski definition) is 22. The minimum atomic E-state index is -1.54. The Hall–Kier alpha value is -6.50. The minimum absolute atomic E-state index is 0.0257. The maximum absolute atomic E-state index is 15.6. The van der Waals surface area contributed by atoms with Crippen LogP contribution in [-0.4, -0.2) is 163 Å². The van der Waals surface area contributed by atoms with Crippen LogP contribution in [0.15, 0.2) is 18.2 Å². The van der Waals surface area contributed by atoms with Gasteiger partial charge in [-0.1, -0.05) is 18.9 Å². The summed E-state index contributed by atoms with van der Waals surface area (Å²) in [5.41, 5.74) is 3.01. The Morgan fingerprint density at radius 2 is 1.43 bits per heavy atom. The third-order valence-electron chi connectivity index (χ3n) is 19.3. The first kappa shape index (κ1) is 61.4. The highest BCUT2D eigenvalue weighted by Crippen LogP contribution is 2.65. The molecule has 0 aliphatic carbocycles. The van der Waals surface area contributed by atoms with E-state index in [1.54, 1.807) is 40.0 Å². The number of ether oxygens (including phenoxy) is 9. The lowest BCUT2D eigenvalue weighted by Crippen LogP contribution is -2.69. The number of nitriles is 1. The molecule has 23 nitrogen and oxygen atoms in total. The third kappa shape index (κ3) is 11.0. The number of nitrogens with one attached hydrogen (secondary N) is 5. The number of urea groups is 2. The molecule has 11 heterocycles. The average molecular weight is 1280 g/mol. The van der Waals surface area contributed by atoms with Gasteiger partial charge in [-0.05, 0) is 115 Å². The van der Waals surface area contributed by atoms with Crippen LogP contribution in [0.5, 0.6) is 40.2 Å². The number of piperazine rings is 1. The summed E-state index contributed by atoms with van der Waals surface area (Å²) in [6, 6.07) is 4.72. The number of esters is 3. The van der Waals surface area contributed by atoms with Gasteiger partial charge >= 0.3 is 36.1 Å². The number of carbonyl (C=O) groups is 6. The van der Waals surface area contributed by atoms with Gasteiger partial charge in [-0.2, -0.15) is 28.8 Å². The standard InChI is InChI=1S/C63H76N8O15S3/c1-29-19-32-20-36-37(23-64)71-38-24-80-58(74)63(33-22-39(78-7)40(21-31(33)17-18-65-63)83-61(77)86-62(3,4)5)27-89-57(47-46(38)55-54(81-28-82-55)30(2)53(47)84-43(72)15-11-9-13-41-48-34(25-87-41)66-59(75)68-48)51(71)50(70(36)6)45(32)56(52(29)79-8)85-44(73)16-12-10-14-42-49-35(26-88-42)67-60(76)69-49/h19,21-22,34-38,41-42,48-51,57,65H,9-18,20,24-28H2,1-8H3,(H2,66,68,75)(H2,67,69,76)/t34?,35?,36-,37-,38-,41?,42?,48?,49?,50+,51?,57+,63+/m0/s1. The number of nitrogens with zero attached hydrogens (tertiary/aromatic N) is 3. The zero-order valence-electron chi connectivity index (χ0n) is 51.2. The second-order valence-corrected chi connectivity index (χ2v) is 29.4. The second kappa shape index (κ2) is 24.3. The third-order valence-corrected chi connectivity index (χ3v) is 23.8. The molecule has 7 unspecified atom stereocenters. The second-order valence-electron chi connectivity index (χ2n) is 25.7. The fourth-order valence-electron chi connectivity index (χ4n) is 15.4. The van der Waals surface area contributed by atoms with Gasteiger partial charge in [-0.3, -0.25) is 24.7 Å². The molecule has 13 atom stereocenters. The molecule has 0 aromatic heterocycles. The number of methoxy groups -OCH3 is 2. The summed E-state index contributed by atoms with van der Waals surface area (Å²) in [7, 11) is 5.02. The maximum atomic E-state index is 15.6. The van der Waals surface area contributed by atoms with E-state index in [-0.39, 0.29) is 96.0 Å². The van der Waals surface area contributed by atoms with E-state index >= 15 is 4.79 Å². The van der Waals surface area contributed by atoms with Crippen LogP contribution in [-0.2, 0) is 42.2 Å². The lowest BCUT2D eigenvalue weighted by Gasteiger charge is -2.62. The largest absolute Gasteiger partial charge is 0.514 e. The van der Waals surface area contributed by atoms with Crippen LogP contribution in [0, 0.1) is 25.2 Å². The minimum Gasteiger partial charge on any atom is -0.493 e. The highest BCUT2D eigenvalue weighted by molar-refractivity contribution is 8.00. The smallest absolute Gasteiger partial charge is 0.493 e. The van der Waals surface area contributed by atoms with Gasteiger partial charge in [-0.25, -0.2) is 19.2 Å². The van der Waals surface area contributed by atoms with E-state index < -0.39 is 70.7 Å². The first-order chi connectivity index (χ1) is 42.8. The maximum Gasteiger partial charge on any atom is 0.514 e. The zero-order chi connectivity index (χ0) is 62.4. The molecule has 0 saturated carbocycles. The van der Waals surface area contributed by atoms with Crippen molar-refractivity contribution in [3.63, 3.8) is 0 Å². The molecule has 5 N–H and O–H groups in total. The first-order valence-corrected chi connectivity index (χ1v) is 33.9. The van der Waals surface area contributed by atoms with Gasteiger partial charge in [0.15, 0.2) is 40.0 Å². The Kier molecular flexibility index (Phi) is 16.7. The number of hydrogen-bond donors (Lipinski definition) is 5. The summed E-state index contributed by atoms with van der Waals surface area (Å²) < 4.78 is 56.4. The molecule has 476 valence electrons. The summed E-state index contributed by atoms with van der Waals surface area (Å²) in [5, 5.41) is 27.2. The van der Waals surface area contributed by atoms with Crippen molar-refractivity contribution >= 4 is 71.4 Å². The number of benzene rings is 3. The normalized spacial score (nSPS) is 30.2. The van der Waals surface area contributed by atoms with Crippen LogP contribution in [0.4, 0.5) is 14.4 Å². The topological polar surface area (TPSA) is 276 Å². The molecule has 3 aromatic carbocycles. The van der Waals surface area contributed by atoms with Crippen molar-refractivity contribution in [3.8, 4) is 46.3 Å². The average Bonchev–Trinajstić information content (AvgIpc) is 1.53. The van der Waals surface area contributed by atoms with Gasteiger partial charge in [0.1, 0.15) is 24.0 Å². The predicted octanol–water partition coefficient (Wildman–Crippen LogP) is 7.23. The summed E-state index contributed by atoms with van der Waals surface area (Å²) >= 11 is 5.10. The monoisotopic (exact) mass is 1280 g/mol. The van der Waals surface area contributed by atoms with Crippen molar-refractivity contribution in [2.75, 3.05) is 58.5 Å². The van der Waals surface area contributed by atoms with Gasteiger partial charge < -0.3 is 63.9 Å². The van der Waals surface area contributed by atoms with Crippen molar-refractivity contribution < 1.29 is 71.4 Å². The van der Waals surface area contributed by atoms with Crippen LogP contribution in [0.25, 0.3) is 0 Å². The molecule has 0 radical (unpaired) electrons. The molecule has 1 spiro atoms. The number of carbonyl (C=O) groups excluding carboxylic acids is 6. The van der Waals surface area contributed by atoms with E-state index in [9.17, 15) is 29.2 Å². The Bertz CT molecular complexity index is 3450. The molecule has 11 aliphatic rings. The quantitative estimate of drug-likeness (QED) is 0.0330. The fraction of sp³-hybridized carbons (Fsp3) is 0.603. The molecule has 3 aromatic rings. The van der Waals surface area contributed by atoms with Gasteiger partial charge in [0.05, 0.1) is 61.8 Å². The van der Waals surface area contributed by atoms with Crippen molar-refractivity contribution in [1.82, 2.24) is 36.4 Å². The number of fused-ring (bicyclic) bond motifs is 11. The highest BCUT2D eigenvalue weighted by atomic mass is 32.2. The lowest BCUT2D eigenvalue weighted by atomic mass is 9.71. The molecule has 26 heteroatoms. The highest BCUT2D eigenvalue weighted by Gasteiger charge is 2.62. The van der Waals surface area contributed by atoms with Crippen molar-refractivity contribution in [2.24, 2.45) is 0 Å². The van der Waals surface area contributed by atoms with Gasteiger partial charge in [0.2, 0.25) is 6.79 Å². The fourth-order valence-corrected chi connectivity index (χ4v) is 20.2. The molecule has 89 heavy (non-hydrogen) atoms. The van der Waals surface area contributed by atoms with Gasteiger partial charge in [-0.15, -0.1) is 11.8 Å². The van der Waals surface area contributed by atoms with E-state index in [4.69, 9.17) is 42.6 Å². The first-order valence-electron chi connectivity index (χ1n) is 30.8. The van der Waals surface area contributed by atoms with E-state index in [2.05, 4.69) is 48.5 Å². The van der Waals surface area contributed by atoms with E-state index in [1.165, 1.54) is 18.9 Å². The van der Waals surface area contributed by atoms with Crippen LogP contribution in [0.2, 0.25) is 0 Å². The number of rotatable bonds is 15. The van der Waals surface area contributed by atoms with Crippen LogP contribution in [0.3, 0.4) is 0 Å². The Morgan fingerprint density at radius 1 is 0.764 bits per heavy atom. The van der Waals surface area contributed by atoms with E-state index in [0.29, 0.717) is 83.0 Å². The SMILES string of the molecule is COc1cc2c(cc1OC(=O)OC(C)(C)C)CCN[C@]21CS[C@@H]2c3c(OC(=O)CCCCC4SCC5NC(=O)NC54)c(C)c4c(c3[C@H](COC1=O)N1C2[C@H]2c3c(cc(C)c(OC)c3OC(=O)CCCCC3SCC5NC(=O)NC53)C[C@@H]([C@@H]1C#N)N2C)OCO4. The Balaban J connectivity index is 0.902. The van der Waals surface area contributed by atoms with E-state index in [1.807, 2.05) is 44.4 Å². The number of unbranched alkanes of at least 4 members (excludes halogenated alkanes) is 2. The zero-order valence-corrected chi connectivity index (χ0v) is 53.6. The number of amides is 4. The summed E-state index contributed by atoms with van der Waals surface area (Å²) in [5.74, 6) is 2.29. The predicted molar refractivity (Wildman–Crippen MR) is 329 cm³/mol. The van der Waals surface area contributed by atoms with Crippen LogP contribution in [0.1, 0.15) is 134 Å². The molecule has 14 rings (SSSR count). The molecule has 11 aliphatic heterocycles. The van der Waals surface area contributed by atoms with E-state index in [0.717, 1.165) is 53.9 Å². The summed E-state index contributed by atoms with van der Waals surface area (Å²) in [6.07, 6.45) is 4.34. The van der Waals surface area contributed by atoms with Gasteiger partial charge in [0.25, 0.3) is 0 Å². The Labute approximate surface area is 529 Å². The molecule has 4 amide bonds. The number of likely N-dealkylation sites (N-methyl/N-ethyl adjacent to an activating group) is 1. The molecular formula is C63H76N8O15S3. The molecular weight excluding hydrogens is 1200 g/mol. The molecule has 4 bridgehead atoms.